The van der Waals surface area contributed by atoms with Crippen molar-refractivity contribution < 1.29 is 13.2 Å². The van der Waals surface area contributed by atoms with Gasteiger partial charge in [-0.3, -0.25) is 4.98 Å². The molecule has 0 amide bonds. The number of nitrogens with one attached hydrogen (secondary N) is 1. The number of ether oxygens (including phenoxy) is 1. The number of sulfonamides is 1. The number of hydrogen-bond acceptors (Lipinski definition) is 5. The fourth-order valence-electron chi connectivity index (χ4n) is 3.72. The van der Waals surface area contributed by atoms with Crippen molar-refractivity contribution in [2.75, 3.05) is 31.9 Å². The van der Waals surface area contributed by atoms with Crippen molar-refractivity contribution >= 4 is 45.7 Å². The van der Waals surface area contributed by atoms with E-state index in [4.69, 9.17) is 4.74 Å². The number of pyridine rings is 1. The van der Waals surface area contributed by atoms with Crippen LogP contribution in [0.5, 0.6) is 5.75 Å². The van der Waals surface area contributed by atoms with Gasteiger partial charge in [0, 0.05) is 37.8 Å². The molecule has 0 bridgehead atoms. The average molecular weight is 493 g/mol. The van der Waals surface area contributed by atoms with Crippen molar-refractivity contribution in [1.29, 1.82) is 0 Å². The van der Waals surface area contributed by atoms with Gasteiger partial charge in [-0.1, -0.05) is 19.4 Å². The first kappa shape index (κ1) is 27.9. The zero-order valence-corrected chi connectivity index (χ0v) is 20.8. The van der Waals surface area contributed by atoms with Crippen LogP contribution in [0.3, 0.4) is 0 Å². The normalized spacial score (nSPS) is 15.3. The Morgan fingerprint density at radius 3 is 2.61 bits per heavy atom. The highest BCUT2D eigenvalue weighted by atomic mass is 35.5. The second-order valence-electron chi connectivity index (χ2n) is 7.73. The van der Waals surface area contributed by atoms with Crippen molar-refractivity contribution in [3.05, 3.63) is 36.0 Å². The molecule has 31 heavy (non-hydrogen) atoms. The number of fused-ring (bicyclic) bond motifs is 1. The van der Waals surface area contributed by atoms with E-state index in [0.717, 1.165) is 55.5 Å². The number of piperidine rings is 1. The van der Waals surface area contributed by atoms with E-state index in [1.54, 1.807) is 6.92 Å². The van der Waals surface area contributed by atoms with Crippen LogP contribution in [0.15, 0.2) is 30.5 Å². The Hall–Kier alpha value is -1.12. The molecule has 1 fully saturated rings. The molecule has 9 heteroatoms. The lowest BCUT2D eigenvalue weighted by molar-refractivity contribution is 0.103. The van der Waals surface area contributed by atoms with Crippen LogP contribution in [-0.2, 0) is 16.4 Å². The monoisotopic (exact) mass is 491 g/mol. The summed E-state index contributed by atoms with van der Waals surface area (Å²) in [7, 11) is -3.11. The van der Waals surface area contributed by atoms with E-state index in [1.807, 2.05) is 12.3 Å². The van der Waals surface area contributed by atoms with Gasteiger partial charge in [0.2, 0.25) is 10.0 Å². The third-order valence-corrected chi connectivity index (χ3v) is 6.91. The highest BCUT2D eigenvalue weighted by molar-refractivity contribution is 7.89. The number of hydrogen-bond donors (Lipinski definition) is 1. The Bertz CT molecular complexity index is 904. The Labute approximate surface area is 199 Å². The molecule has 1 aliphatic rings. The van der Waals surface area contributed by atoms with Crippen molar-refractivity contribution in [2.24, 2.45) is 0 Å². The van der Waals surface area contributed by atoms with Crippen molar-refractivity contribution in [3.63, 3.8) is 0 Å². The molecule has 3 rings (SSSR count). The summed E-state index contributed by atoms with van der Waals surface area (Å²) in [5.41, 5.74) is 2.24. The third-order valence-electron chi connectivity index (χ3n) is 5.51. The van der Waals surface area contributed by atoms with Crippen LogP contribution in [0.2, 0.25) is 0 Å². The SMILES string of the molecule is CCCCc1cc(OC2CCN(CCNS(=O)(=O)CC)CC2)c2ncccc2c1.Cl.Cl. The van der Waals surface area contributed by atoms with Gasteiger partial charge in [-0.2, -0.15) is 0 Å². The van der Waals surface area contributed by atoms with Crippen LogP contribution in [-0.4, -0.2) is 56.3 Å². The quantitative estimate of drug-likeness (QED) is 0.538. The number of aryl methyl sites for hydroxylation is 1. The minimum atomic E-state index is -3.11. The smallest absolute Gasteiger partial charge is 0.211 e. The molecule has 0 saturated carbocycles. The van der Waals surface area contributed by atoms with Gasteiger partial charge in [0.25, 0.3) is 0 Å². The molecule has 0 atom stereocenters. The van der Waals surface area contributed by atoms with Crippen LogP contribution < -0.4 is 9.46 Å². The maximum absolute atomic E-state index is 11.5. The minimum Gasteiger partial charge on any atom is -0.488 e. The molecule has 2 heterocycles. The van der Waals surface area contributed by atoms with E-state index < -0.39 is 10.0 Å². The van der Waals surface area contributed by atoms with Crippen LogP contribution in [0.4, 0.5) is 0 Å². The largest absolute Gasteiger partial charge is 0.488 e. The number of likely N-dealkylation sites (tertiary alicyclic amines) is 1. The number of halogens is 2. The predicted octanol–water partition coefficient (Wildman–Crippen LogP) is 4.20. The molecule has 6 nitrogen and oxygen atoms in total. The fraction of sp³-hybridized carbons (Fsp3) is 0.591. The second-order valence-corrected chi connectivity index (χ2v) is 9.82. The van der Waals surface area contributed by atoms with Gasteiger partial charge in [0.05, 0.1) is 5.75 Å². The van der Waals surface area contributed by atoms with Gasteiger partial charge in [-0.05, 0) is 56.4 Å². The molecule has 0 aliphatic carbocycles. The number of rotatable bonds is 10. The highest BCUT2D eigenvalue weighted by Gasteiger charge is 2.22. The summed E-state index contributed by atoms with van der Waals surface area (Å²) in [4.78, 5) is 6.85. The number of benzene rings is 1. The van der Waals surface area contributed by atoms with E-state index in [9.17, 15) is 8.42 Å². The average Bonchev–Trinajstić information content (AvgIpc) is 2.73. The van der Waals surface area contributed by atoms with Gasteiger partial charge in [0.15, 0.2) is 0 Å². The molecule has 1 aromatic heterocycles. The van der Waals surface area contributed by atoms with E-state index in [-0.39, 0.29) is 36.7 Å². The topological polar surface area (TPSA) is 71.5 Å². The first-order chi connectivity index (χ1) is 14.0. The summed E-state index contributed by atoms with van der Waals surface area (Å²) in [6.45, 7) is 6.90. The molecule has 1 aliphatic heterocycles. The fourth-order valence-corrected chi connectivity index (χ4v) is 4.33. The molecular formula is C22H35Cl2N3O3S. The molecule has 0 radical (unpaired) electrons. The molecule has 1 N–H and O–H groups in total. The summed E-state index contributed by atoms with van der Waals surface area (Å²) in [6.07, 6.45) is 7.27. The second kappa shape index (κ2) is 13.4. The van der Waals surface area contributed by atoms with Crippen LogP contribution in [0, 0.1) is 0 Å². The number of aromatic nitrogens is 1. The van der Waals surface area contributed by atoms with Gasteiger partial charge >= 0.3 is 0 Å². The van der Waals surface area contributed by atoms with E-state index in [0.29, 0.717) is 6.54 Å². The van der Waals surface area contributed by atoms with E-state index in [1.165, 1.54) is 18.4 Å². The third kappa shape index (κ3) is 8.39. The summed E-state index contributed by atoms with van der Waals surface area (Å²) < 4.78 is 32.1. The minimum absolute atomic E-state index is 0. The zero-order valence-electron chi connectivity index (χ0n) is 18.4. The molecule has 2 aromatic rings. The maximum Gasteiger partial charge on any atom is 0.211 e. The van der Waals surface area contributed by atoms with E-state index >= 15 is 0 Å². The van der Waals surface area contributed by atoms with Gasteiger partial charge in [-0.15, -0.1) is 24.8 Å². The Morgan fingerprint density at radius 1 is 1.19 bits per heavy atom. The van der Waals surface area contributed by atoms with Crippen molar-refractivity contribution in [2.45, 2.75) is 52.1 Å². The molecule has 0 spiro atoms. The van der Waals surface area contributed by atoms with Crippen LogP contribution in [0.1, 0.15) is 45.1 Å². The summed E-state index contributed by atoms with van der Waals surface area (Å²) in [5.74, 6) is 1.02. The molecule has 176 valence electrons. The molecular weight excluding hydrogens is 457 g/mol. The molecule has 1 aromatic carbocycles. The molecule has 0 unspecified atom stereocenters. The maximum atomic E-state index is 11.5. The number of nitrogens with zero attached hydrogens (tertiary/aromatic N) is 2. The Balaban J connectivity index is 0.00000240. The highest BCUT2D eigenvalue weighted by Crippen LogP contribution is 2.29. The van der Waals surface area contributed by atoms with Crippen LogP contribution in [0.25, 0.3) is 10.9 Å². The van der Waals surface area contributed by atoms with Gasteiger partial charge in [0.1, 0.15) is 17.4 Å². The summed E-state index contributed by atoms with van der Waals surface area (Å²) >= 11 is 0. The predicted molar refractivity (Wildman–Crippen MR) is 132 cm³/mol. The molecule has 1 saturated heterocycles. The summed E-state index contributed by atoms with van der Waals surface area (Å²) in [6, 6.07) is 8.47. The van der Waals surface area contributed by atoms with E-state index in [2.05, 4.69) is 39.7 Å². The lowest BCUT2D eigenvalue weighted by Crippen LogP contribution is -2.42. The van der Waals surface area contributed by atoms with Crippen molar-refractivity contribution in [1.82, 2.24) is 14.6 Å². The lowest BCUT2D eigenvalue weighted by Gasteiger charge is -2.32. The van der Waals surface area contributed by atoms with Gasteiger partial charge in [-0.25, -0.2) is 13.1 Å². The first-order valence-electron chi connectivity index (χ1n) is 10.7. The zero-order chi connectivity index (χ0) is 20.7. The lowest BCUT2D eigenvalue weighted by atomic mass is 10.0. The Kier molecular flexibility index (Phi) is 12.1. The van der Waals surface area contributed by atoms with Crippen molar-refractivity contribution in [3.8, 4) is 5.75 Å². The number of unbranched alkanes of at least 4 members (excludes halogenated alkanes) is 1. The Morgan fingerprint density at radius 2 is 1.94 bits per heavy atom. The first-order valence-corrected chi connectivity index (χ1v) is 12.4. The van der Waals surface area contributed by atoms with Gasteiger partial charge < -0.3 is 9.64 Å². The standard InChI is InChI=1S/C22H33N3O3S.2ClH/c1-3-5-7-18-16-19-8-6-11-23-22(19)21(17-18)28-20-9-13-25(14-10-20)15-12-24-29(26,27)4-2;;/h6,8,11,16-17,20,24H,3-5,7,9-10,12-15H2,1-2H3;2*1H. The summed E-state index contributed by atoms with van der Waals surface area (Å²) in [5, 5.41) is 1.14. The van der Waals surface area contributed by atoms with Crippen LogP contribution >= 0.6 is 24.8 Å².